The zero-order valence-corrected chi connectivity index (χ0v) is 10.0. The molecule has 0 saturated carbocycles. The van der Waals surface area contributed by atoms with Crippen molar-refractivity contribution in [3.8, 4) is 0 Å². The van der Waals surface area contributed by atoms with Gasteiger partial charge in [0, 0.05) is 15.1 Å². The average molecular weight is 324 g/mol. The quantitative estimate of drug-likeness (QED) is 0.746. The van der Waals surface area contributed by atoms with E-state index in [-0.39, 0.29) is 0 Å². The van der Waals surface area contributed by atoms with Crippen molar-refractivity contribution in [2.45, 2.75) is 13.1 Å². The Morgan fingerprint density at radius 2 is 2.21 bits per heavy atom. The maximum atomic E-state index is 10.8. The van der Waals surface area contributed by atoms with Gasteiger partial charge in [0.2, 0.25) is 0 Å². The van der Waals surface area contributed by atoms with Gasteiger partial charge in [-0.3, -0.25) is 4.90 Å². The molecule has 0 bridgehead atoms. The monoisotopic (exact) mass is 323 g/mol. The summed E-state index contributed by atoms with van der Waals surface area (Å²) in [5.41, 5.74) is 2.10. The molecule has 0 unspecified atom stereocenters. The number of nitrogens with zero attached hydrogens (tertiary/aromatic N) is 1. The minimum absolute atomic E-state index is 0.446. The van der Waals surface area contributed by atoms with Crippen molar-refractivity contribution in [1.82, 2.24) is 4.90 Å². The minimum Gasteiger partial charge on any atom is -0.465 e. The maximum absolute atomic E-state index is 10.8. The molecular formula is C9H7ClINO2. The molecule has 1 aromatic carbocycles. The Kier molecular flexibility index (Phi) is 2.57. The molecule has 14 heavy (non-hydrogen) atoms. The van der Waals surface area contributed by atoms with Crippen molar-refractivity contribution < 1.29 is 9.90 Å². The van der Waals surface area contributed by atoms with E-state index in [1.54, 1.807) is 0 Å². The second-order valence-electron chi connectivity index (χ2n) is 3.16. The van der Waals surface area contributed by atoms with Crippen molar-refractivity contribution in [3.63, 3.8) is 0 Å². The fourth-order valence-corrected chi connectivity index (χ4v) is 2.84. The van der Waals surface area contributed by atoms with Crippen LogP contribution in [0.25, 0.3) is 0 Å². The van der Waals surface area contributed by atoms with Crippen molar-refractivity contribution in [2.75, 3.05) is 0 Å². The number of rotatable bonds is 0. The van der Waals surface area contributed by atoms with Crippen LogP contribution >= 0.6 is 34.2 Å². The fraction of sp³-hybridized carbons (Fsp3) is 0.222. The van der Waals surface area contributed by atoms with Crippen LogP contribution in [0, 0.1) is 3.57 Å². The number of halogens is 2. The van der Waals surface area contributed by atoms with Gasteiger partial charge in [0.1, 0.15) is 0 Å². The van der Waals surface area contributed by atoms with Crippen molar-refractivity contribution >= 4 is 40.3 Å². The van der Waals surface area contributed by atoms with Gasteiger partial charge in [-0.1, -0.05) is 11.6 Å². The van der Waals surface area contributed by atoms with Crippen LogP contribution in [0.15, 0.2) is 12.1 Å². The minimum atomic E-state index is -0.881. The van der Waals surface area contributed by atoms with E-state index < -0.39 is 6.09 Å². The van der Waals surface area contributed by atoms with E-state index in [2.05, 4.69) is 22.6 Å². The second-order valence-corrected chi connectivity index (χ2v) is 4.76. The van der Waals surface area contributed by atoms with Crippen LogP contribution in [0.1, 0.15) is 11.1 Å². The number of hydrogen-bond acceptors (Lipinski definition) is 1. The number of carboxylic acid groups (broad SMARTS) is 1. The normalized spacial score (nSPS) is 14.3. The summed E-state index contributed by atoms with van der Waals surface area (Å²) < 4.78 is 1.04. The molecule has 5 heteroatoms. The SMILES string of the molecule is O=C(O)N1Cc2cc(Cl)cc(I)c2C1. The summed E-state index contributed by atoms with van der Waals surface area (Å²) in [7, 11) is 0. The molecule has 1 heterocycles. The van der Waals surface area contributed by atoms with Crippen LogP contribution in [-0.2, 0) is 13.1 Å². The first-order valence-corrected chi connectivity index (χ1v) is 5.48. The van der Waals surface area contributed by atoms with Gasteiger partial charge in [-0.05, 0) is 45.9 Å². The molecular weight excluding hydrogens is 316 g/mol. The first-order valence-electron chi connectivity index (χ1n) is 4.02. The highest BCUT2D eigenvalue weighted by molar-refractivity contribution is 14.1. The number of hydrogen-bond donors (Lipinski definition) is 1. The largest absolute Gasteiger partial charge is 0.465 e. The Morgan fingerprint density at radius 3 is 2.86 bits per heavy atom. The first-order chi connectivity index (χ1) is 6.58. The van der Waals surface area contributed by atoms with Crippen LogP contribution < -0.4 is 0 Å². The molecule has 0 saturated heterocycles. The highest BCUT2D eigenvalue weighted by Gasteiger charge is 2.24. The van der Waals surface area contributed by atoms with Crippen molar-refractivity contribution in [2.24, 2.45) is 0 Å². The standard InChI is InChI=1S/C9H7ClINO2/c10-6-1-5-3-12(9(13)14)4-7(5)8(11)2-6/h1-2H,3-4H2,(H,13,14). The summed E-state index contributed by atoms with van der Waals surface area (Å²) in [5, 5.41) is 9.50. The Balaban J connectivity index is 2.39. The van der Waals surface area contributed by atoms with E-state index in [4.69, 9.17) is 16.7 Å². The Bertz CT molecular complexity index is 408. The van der Waals surface area contributed by atoms with E-state index in [9.17, 15) is 4.79 Å². The van der Waals surface area contributed by atoms with Crippen LogP contribution in [0.3, 0.4) is 0 Å². The lowest BCUT2D eigenvalue weighted by molar-refractivity contribution is 0.145. The summed E-state index contributed by atoms with van der Waals surface area (Å²) in [4.78, 5) is 12.1. The van der Waals surface area contributed by atoms with Crippen LogP contribution in [-0.4, -0.2) is 16.1 Å². The van der Waals surface area contributed by atoms with Crippen molar-refractivity contribution in [3.05, 3.63) is 31.9 Å². The number of amides is 1. The number of benzene rings is 1. The van der Waals surface area contributed by atoms with Gasteiger partial charge in [-0.2, -0.15) is 0 Å². The molecule has 0 aromatic heterocycles. The maximum Gasteiger partial charge on any atom is 0.407 e. The molecule has 0 aliphatic carbocycles. The molecule has 3 nitrogen and oxygen atoms in total. The van der Waals surface area contributed by atoms with Crippen LogP contribution in [0.4, 0.5) is 4.79 Å². The van der Waals surface area contributed by atoms with Gasteiger partial charge < -0.3 is 5.11 Å². The Morgan fingerprint density at radius 1 is 1.50 bits per heavy atom. The lowest BCUT2D eigenvalue weighted by Crippen LogP contribution is -2.22. The predicted molar refractivity (Wildman–Crippen MR) is 61.4 cm³/mol. The Hall–Kier alpha value is -0.490. The number of fused-ring (bicyclic) bond motifs is 1. The van der Waals surface area contributed by atoms with Gasteiger partial charge in [-0.25, -0.2) is 4.79 Å². The molecule has 1 amide bonds. The molecule has 0 spiro atoms. The first kappa shape index (κ1) is 10.0. The van der Waals surface area contributed by atoms with E-state index in [0.717, 1.165) is 14.7 Å². The van der Waals surface area contributed by atoms with E-state index in [1.165, 1.54) is 4.90 Å². The molecule has 1 N–H and O–H groups in total. The molecule has 0 atom stereocenters. The van der Waals surface area contributed by atoms with Crippen LogP contribution in [0.5, 0.6) is 0 Å². The third-order valence-electron chi connectivity index (χ3n) is 2.23. The van der Waals surface area contributed by atoms with Gasteiger partial charge in [-0.15, -0.1) is 0 Å². The van der Waals surface area contributed by atoms with E-state index in [0.29, 0.717) is 18.1 Å². The van der Waals surface area contributed by atoms with Gasteiger partial charge >= 0.3 is 6.09 Å². The average Bonchev–Trinajstić information content (AvgIpc) is 2.47. The molecule has 0 radical (unpaired) electrons. The number of carbonyl (C=O) groups is 1. The van der Waals surface area contributed by atoms with E-state index >= 15 is 0 Å². The molecule has 2 rings (SSSR count). The summed E-state index contributed by atoms with van der Waals surface area (Å²) >= 11 is 8.07. The topological polar surface area (TPSA) is 40.5 Å². The highest BCUT2D eigenvalue weighted by Crippen LogP contribution is 2.30. The zero-order valence-electron chi connectivity index (χ0n) is 7.13. The third-order valence-corrected chi connectivity index (χ3v) is 3.41. The van der Waals surface area contributed by atoms with Crippen LogP contribution in [0.2, 0.25) is 5.02 Å². The highest BCUT2D eigenvalue weighted by atomic mass is 127. The van der Waals surface area contributed by atoms with Gasteiger partial charge in [0.15, 0.2) is 0 Å². The lowest BCUT2D eigenvalue weighted by Gasteiger charge is -2.08. The molecule has 0 fully saturated rings. The van der Waals surface area contributed by atoms with E-state index in [1.807, 2.05) is 12.1 Å². The van der Waals surface area contributed by atoms with Gasteiger partial charge in [0.25, 0.3) is 0 Å². The van der Waals surface area contributed by atoms with Gasteiger partial charge in [0.05, 0.1) is 6.54 Å². The Labute approximate surface area is 99.8 Å². The smallest absolute Gasteiger partial charge is 0.407 e. The second kappa shape index (κ2) is 3.58. The van der Waals surface area contributed by atoms with Crippen molar-refractivity contribution in [1.29, 1.82) is 0 Å². The summed E-state index contributed by atoms with van der Waals surface area (Å²) in [6.07, 6.45) is -0.881. The predicted octanol–water partition coefficient (Wildman–Crippen LogP) is 2.94. The molecule has 1 aromatic rings. The molecule has 1 aliphatic rings. The summed E-state index contributed by atoms with van der Waals surface area (Å²) in [6.45, 7) is 0.918. The molecule has 1 aliphatic heterocycles. The summed E-state index contributed by atoms with van der Waals surface area (Å²) in [5.74, 6) is 0. The third kappa shape index (κ3) is 1.68. The lowest BCUT2D eigenvalue weighted by atomic mass is 10.1. The zero-order chi connectivity index (χ0) is 10.3. The molecule has 74 valence electrons. The fourth-order valence-electron chi connectivity index (χ4n) is 1.56. The summed E-state index contributed by atoms with van der Waals surface area (Å²) in [6, 6.07) is 3.69.